The summed E-state index contributed by atoms with van der Waals surface area (Å²) in [5.74, 6) is -2.07. The summed E-state index contributed by atoms with van der Waals surface area (Å²) in [4.78, 5) is 12.1. The Bertz CT molecular complexity index is 644. The number of benzene rings is 2. The molecular weight excluding hydrogens is 274 g/mol. The van der Waals surface area contributed by atoms with Crippen LogP contribution in [-0.2, 0) is 6.54 Å². The van der Waals surface area contributed by atoms with Crippen LogP contribution < -0.4 is 10.6 Å². The van der Waals surface area contributed by atoms with Crippen molar-refractivity contribution in [3.63, 3.8) is 0 Å². The smallest absolute Gasteiger partial charge is 0.258 e. The molecule has 2 aromatic carbocycles. The fourth-order valence-electron chi connectivity index (χ4n) is 1.92. The molecule has 3 nitrogen and oxygen atoms in total. The zero-order chi connectivity index (χ0) is 15.2. The molecule has 0 aliphatic carbocycles. The standard InChI is InChI=1S/C16H16F2N2O/c1-2-19-10-11-5-3-4-6-15(11)20-16(21)13-9-12(17)7-8-14(13)18/h3-9,19H,2,10H2,1H3,(H,20,21). The number of amides is 1. The van der Waals surface area contributed by atoms with Crippen LogP contribution in [0.2, 0.25) is 0 Å². The summed E-state index contributed by atoms with van der Waals surface area (Å²) in [7, 11) is 0. The molecule has 110 valence electrons. The maximum atomic E-state index is 13.6. The minimum absolute atomic E-state index is 0.312. The van der Waals surface area contributed by atoms with E-state index in [0.29, 0.717) is 12.2 Å². The minimum Gasteiger partial charge on any atom is -0.322 e. The number of hydrogen-bond donors (Lipinski definition) is 2. The highest BCUT2D eigenvalue weighted by Crippen LogP contribution is 2.17. The van der Waals surface area contributed by atoms with Crippen molar-refractivity contribution in [3.05, 3.63) is 65.2 Å². The second-order valence-corrected chi connectivity index (χ2v) is 4.52. The summed E-state index contributed by atoms with van der Waals surface area (Å²) in [5, 5.41) is 5.77. The van der Waals surface area contributed by atoms with Gasteiger partial charge in [-0.3, -0.25) is 4.79 Å². The van der Waals surface area contributed by atoms with Crippen molar-refractivity contribution in [1.82, 2.24) is 5.32 Å². The molecule has 0 fully saturated rings. The number of para-hydroxylation sites is 1. The highest BCUT2D eigenvalue weighted by Gasteiger charge is 2.14. The van der Waals surface area contributed by atoms with Gasteiger partial charge in [0.1, 0.15) is 11.6 Å². The summed E-state index contributed by atoms with van der Waals surface area (Å²) in [6.45, 7) is 3.35. The molecule has 0 saturated carbocycles. The first kappa shape index (κ1) is 15.1. The van der Waals surface area contributed by atoms with Crippen LogP contribution in [0.4, 0.5) is 14.5 Å². The van der Waals surface area contributed by atoms with Gasteiger partial charge in [0.05, 0.1) is 5.56 Å². The predicted molar refractivity (Wildman–Crippen MR) is 78.1 cm³/mol. The Balaban J connectivity index is 2.21. The van der Waals surface area contributed by atoms with E-state index >= 15 is 0 Å². The monoisotopic (exact) mass is 290 g/mol. The van der Waals surface area contributed by atoms with E-state index in [1.54, 1.807) is 12.1 Å². The fraction of sp³-hybridized carbons (Fsp3) is 0.188. The van der Waals surface area contributed by atoms with Crippen LogP contribution in [0.25, 0.3) is 0 Å². The molecule has 0 aromatic heterocycles. The number of rotatable bonds is 5. The van der Waals surface area contributed by atoms with Gasteiger partial charge in [-0.15, -0.1) is 0 Å². The summed E-state index contributed by atoms with van der Waals surface area (Å²) in [6.07, 6.45) is 0. The first-order chi connectivity index (χ1) is 10.1. The molecule has 5 heteroatoms. The third kappa shape index (κ3) is 3.86. The molecule has 0 spiro atoms. The van der Waals surface area contributed by atoms with Crippen LogP contribution in [0.1, 0.15) is 22.8 Å². The molecular formula is C16H16F2N2O. The Morgan fingerprint density at radius 3 is 2.67 bits per heavy atom. The van der Waals surface area contributed by atoms with Crippen molar-refractivity contribution in [1.29, 1.82) is 0 Å². The van der Waals surface area contributed by atoms with E-state index < -0.39 is 17.5 Å². The van der Waals surface area contributed by atoms with Crippen LogP contribution in [0.5, 0.6) is 0 Å². The van der Waals surface area contributed by atoms with Gasteiger partial charge in [0.15, 0.2) is 0 Å². The van der Waals surface area contributed by atoms with Gasteiger partial charge in [0, 0.05) is 12.2 Å². The fourth-order valence-corrected chi connectivity index (χ4v) is 1.92. The Morgan fingerprint density at radius 2 is 1.90 bits per heavy atom. The number of carbonyl (C=O) groups is 1. The topological polar surface area (TPSA) is 41.1 Å². The summed E-state index contributed by atoms with van der Waals surface area (Å²) >= 11 is 0. The lowest BCUT2D eigenvalue weighted by Gasteiger charge is -2.11. The van der Waals surface area contributed by atoms with Gasteiger partial charge in [-0.25, -0.2) is 8.78 Å². The molecule has 2 N–H and O–H groups in total. The summed E-state index contributed by atoms with van der Waals surface area (Å²) in [6, 6.07) is 10.0. The number of anilines is 1. The van der Waals surface area contributed by atoms with Crippen LogP contribution >= 0.6 is 0 Å². The molecule has 2 rings (SSSR count). The van der Waals surface area contributed by atoms with E-state index in [1.165, 1.54) is 0 Å². The van der Waals surface area contributed by atoms with E-state index in [-0.39, 0.29) is 5.56 Å². The van der Waals surface area contributed by atoms with Gasteiger partial charge in [0.25, 0.3) is 5.91 Å². The largest absolute Gasteiger partial charge is 0.322 e. The Labute approximate surface area is 122 Å². The number of hydrogen-bond acceptors (Lipinski definition) is 2. The number of carbonyl (C=O) groups excluding carboxylic acids is 1. The summed E-state index contributed by atoms with van der Waals surface area (Å²) in [5.41, 5.74) is 1.14. The van der Waals surface area contributed by atoms with Gasteiger partial charge < -0.3 is 10.6 Å². The average Bonchev–Trinajstić information content (AvgIpc) is 2.48. The van der Waals surface area contributed by atoms with E-state index in [4.69, 9.17) is 0 Å². The van der Waals surface area contributed by atoms with Crippen LogP contribution in [-0.4, -0.2) is 12.5 Å². The molecule has 0 aliphatic heterocycles. The quantitative estimate of drug-likeness (QED) is 0.887. The van der Waals surface area contributed by atoms with E-state index in [2.05, 4.69) is 10.6 Å². The first-order valence-electron chi connectivity index (χ1n) is 6.67. The van der Waals surface area contributed by atoms with E-state index in [0.717, 1.165) is 30.3 Å². The van der Waals surface area contributed by atoms with Gasteiger partial charge in [-0.05, 0) is 36.4 Å². The lowest BCUT2D eigenvalue weighted by molar-refractivity contribution is 0.102. The second-order valence-electron chi connectivity index (χ2n) is 4.52. The van der Waals surface area contributed by atoms with Crippen LogP contribution in [0, 0.1) is 11.6 Å². The predicted octanol–water partition coefficient (Wildman–Crippen LogP) is 3.33. The molecule has 0 heterocycles. The van der Waals surface area contributed by atoms with Crippen LogP contribution in [0.3, 0.4) is 0 Å². The zero-order valence-electron chi connectivity index (χ0n) is 11.6. The number of halogens is 2. The lowest BCUT2D eigenvalue weighted by atomic mass is 10.1. The van der Waals surface area contributed by atoms with Gasteiger partial charge in [0.2, 0.25) is 0 Å². The maximum Gasteiger partial charge on any atom is 0.258 e. The normalized spacial score (nSPS) is 10.4. The minimum atomic E-state index is -0.752. The summed E-state index contributed by atoms with van der Waals surface area (Å²) < 4.78 is 26.7. The first-order valence-corrected chi connectivity index (χ1v) is 6.67. The van der Waals surface area contributed by atoms with Crippen molar-refractivity contribution in [2.24, 2.45) is 0 Å². The van der Waals surface area contributed by atoms with Crippen molar-refractivity contribution in [3.8, 4) is 0 Å². The Morgan fingerprint density at radius 1 is 1.14 bits per heavy atom. The molecule has 0 bridgehead atoms. The van der Waals surface area contributed by atoms with Crippen molar-refractivity contribution in [2.45, 2.75) is 13.5 Å². The molecule has 0 atom stereocenters. The van der Waals surface area contributed by atoms with Crippen molar-refractivity contribution in [2.75, 3.05) is 11.9 Å². The van der Waals surface area contributed by atoms with Crippen LogP contribution in [0.15, 0.2) is 42.5 Å². The van der Waals surface area contributed by atoms with Gasteiger partial charge >= 0.3 is 0 Å². The molecule has 0 radical (unpaired) electrons. The Kier molecular flexibility index (Phi) is 5.00. The molecule has 21 heavy (non-hydrogen) atoms. The Hall–Kier alpha value is -2.27. The molecule has 0 unspecified atom stereocenters. The second kappa shape index (κ2) is 6.95. The molecule has 0 saturated heterocycles. The van der Waals surface area contributed by atoms with E-state index in [1.807, 2.05) is 19.1 Å². The number of nitrogens with one attached hydrogen (secondary N) is 2. The average molecular weight is 290 g/mol. The molecule has 1 amide bonds. The van der Waals surface area contributed by atoms with Crippen molar-refractivity contribution >= 4 is 11.6 Å². The highest BCUT2D eigenvalue weighted by atomic mass is 19.1. The lowest BCUT2D eigenvalue weighted by Crippen LogP contribution is -2.18. The molecule has 0 aliphatic rings. The SMILES string of the molecule is CCNCc1ccccc1NC(=O)c1cc(F)ccc1F. The third-order valence-electron chi connectivity index (χ3n) is 3.00. The third-order valence-corrected chi connectivity index (χ3v) is 3.00. The highest BCUT2D eigenvalue weighted by molar-refractivity contribution is 6.04. The van der Waals surface area contributed by atoms with Crippen molar-refractivity contribution < 1.29 is 13.6 Å². The maximum absolute atomic E-state index is 13.6. The molecule has 2 aromatic rings. The van der Waals surface area contributed by atoms with Gasteiger partial charge in [-0.2, -0.15) is 0 Å². The van der Waals surface area contributed by atoms with Gasteiger partial charge in [-0.1, -0.05) is 25.1 Å². The van der Waals surface area contributed by atoms with E-state index in [9.17, 15) is 13.6 Å². The zero-order valence-corrected chi connectivity index (χ0v) is 11.6.